The van der Waals surface area contributed by atoms with Crippen molar-refractivity contribution in [2.75, 3.05) is 5.73 Å². The monoisotopic (exact) mass is 296 g/mol. The van der Waals surface area contributed by atoms with Gasteiger partial charge in [0.2, 0.25) is 10.0 Å². The van der Waals surface area contributed by atoms with Gasteiger partial charge >= 0.3 is 0 Å². The third-order valence-electron chi connectivity index (χ3n) is 5.29. The molecule has 3 fully saturated rings. The Balaban J connectivity index is 1.60. The Morgan fingerprint density at radius 2 is 1.85 bits per heavy atom. The summed E-state index contributed by atoms with van der Waals surface area (Å²) < 4.78 is 41.2. The van der Waals surface area contributed by atoms with E-state index in [2.05, 4.69) is 4.72 Å². The Morgan fingerprint density at radius 3 is 2.45 bits per heavy atom. The predicted molar refractivity (Wildman–Crippen MR) is 72.7 cm³/mol. The standard InChI is InChI=1S/C14H17FN2O2S/c15-9-2-1-3-10(16)14(9)20(18,19)17-13-11-7-4-5-8(6-7)12(11)13/h1-3,7-8,11-13,17H,4-6,16H2. The fourth-order valence-electron chi connectivity index (χ4n) is 4.53. The zero-order valence-corrected chi connectivity index (χ0v) is 11.7. The molecule has 1 aromatic carbocycles. The summed E-state index contributed by atoms with van der Waals surface area (Å²) in [5.41, 5.74) is 5.59. The van der Waals surface area contributed by atoms with Crippen molar-refractivity contribution in [3.05, 3.63) is 24.0 Å². The highest BCUT2D eigenvalue weighted by atomic mass is 32.2. The highest BCUT2D eigenvalue weighted by Crippen LogP contribution is 2.65. The average Bonchev–Trinajstić information content (AvgIpc) is 2.78. The van der Waals surface area contributed by atoms with Gasteiger partial charge in [0.25, 0.3) is 0 Å². The molecule has 1 aromatic rings. The molecule has 3 aliphatic carbocycles. The van der Waals surface area contributed by atoms with Gasteiger partial charge in [0.15, 0.2) is 0 Å². The maximum absolute atomic E-state index is 13.8. The largest absolute Gasteiger partial charge is 0.398 e. The number of halogens is 1. The number of hydrogen-bond donors (Lipinski definition) is 2. The second-order valence-corrected chi connectivity index (χ2v) is 7.94. The van der Waals surface area contributed by atoms with Crippen LogP contribution in [-0.4, -0.2) is 14.5 Å². The molecule has 3 aliphatic rings. The van der Waals surface area contributed by atoms with Crippen LogP contribution in [0.15, 0.2) is 23.1 Å². The number of nitrogens with two attached hydrogens (primary N) is 1. The predicted octanol–water partition coefficient (Wildman–Crippen LogP) is 1.73. The van der Waals surface area contributed by atoms with E-state index in [-0.39, 0.29) is 11.7 Å². The molecule has 0 radical (unpaired) electrons. The third-order valence-corrected chi connectivity index (χ3v) is 6.84. The average molecular weight is 296 g/mol. The first-order chi connectivity index (χ1) is 9.49. The van der Waals surface area contributed by atoms with Crippen LogP contribution in [-0.2, 0) is 10.0 Å². The third kappa shape index (κ3) is 1.64. The van der Waals surface area contributed by atoms with Crippen LogP contribution in [0.2, 0.25) is 0 Å². The summed E-state index contributed by atoms with van der Waals surface area (Å²) in [6.07, 6.45) is 3.67. The molecule has 6 heteroatoms. The van der Waals surface area contributed by atoms with Gasteiger partial charge in [-0.3, -0.25) is 0 Å². The van der Waals surface area contributed by atoms with Gasteiger partial charge in [0.05, 0.1) is 5.69 Å². The maximum Gasteiger partial charge on any atom is 0.245 e. The summed E-state index contributed by atoms with van der Waals surface area (Å²) >= 11 is 0. The van der Waals surface area contributed by atoms with Crippen molar-refractivity contribution in [3.63, 3.8) is 0 Å². The molecule has 0 aromatic heterocycles. The van der Waals surface area contributed by atoms with E-state index in [9.17, 15) is 12.8 Å². The molecule has 0 spiro atoms. The first kappa shape index (κ1) is 12.6. The molecule has 0 amide bonds. The van der Waals surface area contributed by atoms with Gasteiger partial charge in [-0.1, -0.05) is 6.07 Å². The lowest BCUT2D eigenvalue weighted by Gasteiger charge is -2.13. The Morgan fingerprint density at radius 1 is 1.20 bits per heavy atom. The van der Waals surface area contributed by atoms with Crippen LogP contribution in [0.25, 0.3) is 0 Å². The topological polar surface area (TPSA) is 72.2 Å². The Kier molecular flexibility index (Phi) is 2.49. The van der Waals surface area contributed by atoms with Crippen molar-refractivity contribution >= 4 is 15.7 Å². The van der Waals surface area contributed by atoms with Crippen molar-refractivity contribution in [3.8, 4) is 0 Å². The molecule has 0 aliphatic heterocycles. The van der Waals surface area contributed by atoms with Crippen LogP contribution in [0, 0.1) is 29.5 Å². The van der Waals surface area contributed by atoms with Gasteiger partial charge < -0.3 is 5.73 Å². The molecule has 2 bridgehead atoms. The highest BCUT2D eigenvalue weighted by molar-refractivity contribution is 7.89. The summed E-state index contributed by atoms with van der Waals surface area (Å²) in [6, 6.07) is 3.94. The number of hydrogen-bond acceptors (Lipinski definition) is 3. The number of anilines is 1. The van der Waals surface area contributed by atoms with Crippen LogP contribution < -0.4 is 10.5 Å². The minimum Gasteiger partial charge on any atom is -0.398 e. The van der Waals surface area contributed by atoms with E-state index in [4.69, 9.17) is 5.73 Å². The zero-order valence-electron chi connectivity index (χ0n) is 10.9. The lowest BCUT2D eigenvalue weighted by Crippen LogP contribution is -2.31. The molecular formula is C14H17FN2O2S. The van der Waals surface area contributed by atoms with Crippen LogP contribution in [0.4, 0.5) is 10.1 Å². The van der Waals surface area contributed by atoms with Gasteiger partial charge in [-0.15, -0.1) is 0 Å². The van der Waals surface area contributed by atoms with Crippen LogP contribution in [0.3, 0.4) is 0 Å². The fourth-order valence-corrected chi connectivity index (χ4v) is 6.02. The van der Waals surface area contributed by atoms with Crippen molar-refractivity contribution in [1.29, 1.82) is 0 Å². The van der Waals surface area contributed by atoms with E-state index in [1.165, 1.54) is 31.4 Å². The van der Waals surface area contributed by atoms with Gasteiger partial charge in [0.1, 0.15) is 10.7 Å². The van der Waals surface area contributed by atoms with Crippen LogP contribution >= 0.6 is 0 Å². The van der Waals surface area contributed by atoms with Crippen LogP contribution in [0.1, 0.15) is 19.3 Å². The molecule has 108 valence electrons. The maximum atomic E-state index is 13.8. The van der Waals surface area contributed by atoms with Crippen molar-refractivity contribution in [2.45, 2.75) is 30.2 Å². The molecule has 4 atom stereocenters. The summed E-state index contributed by atoms with van der Waals surface area (Å²) in [5.74, 6) is 1.48. The zero-order chi connectivity index (χ0) is 14.1. The van der Waals surface area contributed by atoms with E-state index < -0.39 is 20.7 Å². The van der Waals surface area contributed by atoms with E-state index in [1.54, 1.807) is 0 Å². The van der Waals surface area contributed by atoms with E-state index in [0.717, 1.165) is 6.07 Å². The summed E-state index contributed by atoms with van der Waals surface area (Å²) in [5, 5.41) is 0. The van der Waals surface area contributed by atoms with E-state index >= 15 is 0 Å². The smallest absolute Gasteiger partial charge is 0.245 e. The minimum absolute atomic E-state index is 0.00902. The SMILES string of the molecule is Nc1cccc(F)c1S(=O)(=O)NC1C2C3CCC(C3)C12. The fraction of sp³-hybridized carbons (Fsp3) is 0.571. The molecular weight excluding hydrogens is 279 g/mol. The van der Waals surface area contributed by atoms with Crippen molar-refractivity contribution < 1.29 is 12.8 Å². The lowest BCUT2D eigenvalue weighted by atomic mass is 10.0. The highest BCUT2D eigenvalue weighted by Gasteiger charge is 2.65. The minimum atomic E-state index is -3.87. The number of sulfonamides is 1. The molecule has 3 N–H and O–H groups in total. The van der Waals surface area contributed by atoms with E-state index in [1.807, 2.05) is 0 Å². The number of benzene rings is 1. The molecule has 20 heavy (non-hydrogen) atoms. The Hall–Kier alpha value is -1.14. The normalized spacial score (nSPS) is 38.0. The first-order valence-corrected chi connectivity index (χ1v) is 8.53. The second kappa shape index (κ2) is 3.95. The van der Waals surface area contributed by atoms with Crippen molar-refractivity contribution in [2.24, 2.45) is 23.7 Å². The number of nitrogen functional groups attached to an aromatic ring is 1. The summed E-state index contributed by atoms with van der Waals surface area (Å²) in [7, 11) is -3.87. The molecule has 4 rings (SSSR count). The van der Waals surface area contributed by atoms with Gasteiger partial charge in [0, 0.05) is 6.04 Å². The molecule has 4 unspecified atom stereocenters. The summed E-state index contributed by atoms with van der Waals surface area (Å²) in [6.45, 7) is 0. The van der Waals surface area contributed by atoms with Gasteiger partial charge in [-0.2, -0.15) is 0 Å². The molecule has 0 heterocycles. The Labute approximate surface area is 117 Å². The van der Waals surface area contributed by atoms with Crippen molar-refractivity contribution in [1.82, 2.24) is 4.72 Å². The molecule has 3 saturated carbocycles. The summed E-state index contributed by atoms with van der Waals surface area (Å²) in [4.78, 5) is -0.405. The molecule has 0 saturated heterocycles. The number of nitrogens with one attached hydrogen (secondary N) is 1. The first-order valence-electron chi connectivity index (χ1n) is 7.05. The number of rotatable bonds is 3. The van der Waals surface area contributed by atoms with Gasteiger partial charge in [-0.05, 0) is 55.1 Å². The molecule has 4 nitrogen and oxygen atoms in total. The Bertz CT molecular complexity index is 640. The lowest BCUT2D eigenvalue weighted by molar-refractivity contribution is 0.456. The van der Waals surface area contributed by atoms with Gasteiger partial charge in [-0.25, -0.2) is 17.5 Å². The van der Waals surface area contributed by atoms with Crippen LogP contribution in [0.5, 0.6) is 0 Å². The second-order valence-electron chi connectivity index (χ2n) is 6.29. The number of fused-ring (bicyclic) bond motifs is 5. The van der Waals surface area contributed by atoms with E-state index in [0.29, 0.717) is 23.7 Å². The quantitative estimate of drug-likeness (QED) is 0.834.